The summed E-state index contributed by atoms with van der Waals surface area (Å²) in [6, 6.07) is 7.70. The number of nitrogens with zero attached hydrogens (tertiary/aromatic N) is 1. The Morgan fingerprint density at radius 3 is 2.84 bits per heavy atom. The Kier molecular flexibility index (Phi) is 3.46. The quantitative estimate of drug-likeness (QED) is 0.871. The molecule has 0 bridgehead atoms. The highest BCUT2D eigenvalue weighted by Crippen LogP contribution is 2.35. The molecule has 4 nitrogen and oxygen atoms in total. The van der Waals surface area contributed by atoms with Gasteiger partial charge in [0.1, 0.15) is 0 Å². The third-order valence-electron chi connectivity index (χ3n) is 3.76. The smallest absolute Gasteiger partial charge is 0.248 e. The molecule has 1 aromatic rings. The van der Waals surface area contributed by atoms with Gasteiger partial charge in [-0.3, -0.25) is 9.79 Å². The van der Waals surface area contributed by atoms with Crippen molar-refractivity contribution in [3.63, 3.8) is 0 Å². The van der Waals surface area contributed by atoms with E-state index in [2.05, 4.69) is 5.32 Å². The number of nitrogens with one attached hydrogen (secondary N) is 1. The number of hydrogen-bond acceptors (Lipinski definition) is 4. The third-order valence-corrected chi connectivity index (χ3v) is 4.83. The fraction of sp³-hybridized carbons (Fsp3) is 0.429. The van der Waals surface area contributed by atoms with Gasteiger partial charge in [0.05, 0.1) is 6.04 Å². The Bertz CT molecular complexity index is 512. The second-order valence-electron chi connectivity index (χ2n) is 5.07. The van der Waals surface area contributed by atoms with Crippen LogP contribution >= 0.6 is 11.8 Å². The summed E-state index contributed by atoms with van der Waals surface area (Å²) in [7, 11) is 0. The molecule has 1 fully saturated rings. The largest absolute Gasteiger partial charge is 0.366 e. The van der Waals surface area contributed by atoms with Gasteiger partial charge in [0, 0.05) is 17.0 Å². The number of fused-ring (bicyclic) bond motifs is 1. The molecular formula is C14H17N3OS. The van der Waals surface area contributed by atoms with Crippen LogP contribution in [0.3, 0.4) is 0 Å². The van der Waals surface area contributed by atoms with Crippen molar-refractivity contribution in [3.8, 4) is 0 Å². The first-order chi connectivity index (χ1) is 9.22. The van der Waals surface area contributed by atoms with Gasteiger partial charge in [-0.15, -0.1) is 0 Å². The molecule has 2 unspecified atom stereocenters. The SMILES string of the molecule is NC(=O)c1ccc(NC2=NC3CCCC3CS2)cc1. The fourth-order valence-corrected chi connectivity index (χ4v) is 3.83. The maximum atomic E-state index is 11.0. The molecule has 2 atom stereocenters. The Morgan fingerprint density at radius 2 is 2.11 bits per heavy atom. The summed E-state index contributed by atoms with van der Waals surface area (Å²) >= 11 is 1.79. The van der Waals surface area contributed by atoms with Crippen LogP contribution in [0.4, 0.5) is 5.69 Å². The normalized spacial score (nSPS) is 25.6. The summed E-state index contributed by atoms with van der Waals surface area (Å²) < 4.78 is 0. The summed E-state index contributed by atoms with van der Waals surface area (Å²) in [6.45, 7) is 0. The molecule has 1 aliphatic carbocycles. The van der Waals surface area contributed by atoms with E-state index in [1.54, 1.807) is 23.9 Å². The molecule has 3 N–H and O–H groups in total. The van der Waals surface area contributed by atoms with Crippen LogP contribution in [0.2, 0.25) is 0 Å². The first-order valence-corrected chi connectivity index (χ1v) is 7.58. The zero-order valence-corrected chi connectivity index (χ0v) is 11.5. The van der Waals surface area contributed by atoms with Crippen molar-refractivity contribution in [3.05, 3.63) is 29.8 Å². The number of carbonyl (C=O) groups excluding carboxylic acids is 1. The number of amidine groups is 1. The summed E-state index contributed by atoms with van der Waals surface area (Å²) in [5.41, 5.74) is 6.70. The molecule has 1 saturated carbocycles. The molecule has 2 aliphatic rings. The molecule has 0 aromatic heterocycles. The van der Waals surface area contributed by atoms with Crippen LogP contribution in [0.5, 0.6) is 0 Å². The molecule has 3 rings (SSSR count). The second kappa shape index (κ2) is 5.25. The molecule has 100 valence electrons. The van der Waals surface area contributed by atoms with Gasteiger partial charge in [-0.25, -0.2) is 0 Å². The molecule has 19 heavy (non-hydrogen) atoms. The monoisotopic (exact) mass is 275 g/mol. The van der Waals surface area contributed by atoms with Gasteiger partial charge in [0.2, 0.25) is 5.91 Å². The second-order valence-corrected chi connectivity index (χ2v) is 6.08. The molecule has 1 amide bonds. The maximum absolute atomic E-state index is 11.0. The number of benzene rings is 1. The summed E-state index contributed by atoms with van der Waals surface area (Å²) in [4.78, 5) is 15.8. The van der Waals surface area contributed by atoms with Crippen LogP contribution < -0.4 is 11.1 Å². The van der Waals surface area contributed by atoms with Crippen LogP contribution in [-0.4, -0.2) is 22.9 Å². The van der Waals surface area contributed by atoms with E-state index in [4.69, 9.17) is 10.7 Å². The minimum atomic E-state index is -0.398. The predicted molar refractivity (Wildman–Crippen MR) is 79.6 cm³/mol. The van der Waals surface area contributed by atoms with E-state index in [0.717, 1.165) is 22.5 Å². The number of thioether (sulfide) groups is 1. The van der Waals surface area contributed by atoms with E-state index in [1.807, 2.05) is 12.1 Å². The Labute approximate surface area is 116 Å². The van der Waals surface area contributed by atoms with Gasteiger partial charge in [-0.2, -0.15) is 0 Å². The topological polar surface area (TPSA) is 67.5 Å². The van der Waals surface area contributed by atoms with Gasteiger partial charge < -0.3 is 11.1 Å². The first kappa shape index (κ1) is 12.5. The van der Waals surface area contributed by atoms with Crippen molar-refractivity contribution in [1.29, 1.82) is 0 Å². The Hall–Kier alpha value is -1.49. The molecule has 0 radical (unpaired) electrons. The van der Waals surface area contributed by atoms with E-state index in [9.17, 15) is 4.79 Å². The van der Waals surface area contributed by atoms with Crippen molar-refractivity contribution < 1.29 is 4.79 Å². The lowest BCUT2D eigenvalue weighted by atomic mass is 10.1. The molecule has 1 heterocycles. The summed E-state index contributed by atoms with van der Waals surface area (Å²) in [6.07, 6.45) is 3.85. The summed E-state index contributed by atoms with van der Waals surface area (Å²) in [5, 5.41) is 4.32. The van der Waals surface area contributed by atoms with Crippen LogP contribution in [0.1, 0.15) is 29.6 Å². The zero-order valence-electron chi connectivity index (χ0n) is 10.6. The number of rotatable bonds is 2. The highest BCUT2D eigenvalue weighted by molar-refractivity contribution is 8.14. The molecule has 0 spiro atoms. The van der Waals surface area contributed by atoms with E-state index in [1.165, 1.54) is 19.3 Å². The van der Waals surface area contributed by atoms with Gasteiger partial charge in [-0.1, -0.05) is 18.2 Å². The minimum Gasteiger partial charge on any atom is -0.366 e. The first-order valence-electron chi connectivity index (χ1n) is 6.60. The number of amides is 1. The van der Waals surface area contributed by atoms with Crippen LogP contribution in [0, 0.1) is 5.92 Å². The maximum Gasteiger partial charge on any atom is 0.248 e. The van der Waals surface area contributed by atoms with Crippen molar-refractivity contribution in [2.24, 2.45) is 16.6 Å². The van der Waals surface area contributed by atoms with E-state index < -0.39 is 5.91 Å². The molecule has 1 aliphatic heterocycles. The Morgan fingerprint density at radius 1 is 1.32 bits per heavy atom. The van der Waals surface area contributed by atoms with Crippen LogP contribution in [0.25, 0.3) is 0 Å². The van der Waals surface area contributed by atoms with Gasteiger partial charge >= 0.3 is 0 Å². The number of anilines is 1. The standard InChI is InChI=1S/C14H17N3OS/c15-13(18)9-4-6-11(7-5-9)16-14-17-12-3-1-2-10(12)8-19-14/h4-7,10,12H,1-3,8H2,(H2,15,18)(H,16,17). The van der Waals surface area contributed by atoms with Gasteiger partial charge in [-0.05, 0) is 43.0 Å². The van der Waals surface area contributed by atoms with Gasteiger partial charge in [0.15, 0.2) is 5.17 Å². The molecule has 0 saturated heterocycles. The van der Waals surface area contributed by atoms with E-state index in [-0.39, 0.29) is 0 Å². The third kappa shape index (κ3) is 2.76. The van der Waals surface area contributed by atoms with E-state index in [0.29, 0.717) is 11.6 Å². The number of aliphatic imine (C=N–C) groups is 1. The highest BCUT2D eigenvalue weighted by Gasteiger charge is 2.30. The number of primary amides is 1. The van der Waals surface area contributed by atoms with Crippen molar-refractivity contribution in [1.82, 2.24) is 0 Å². The fourth-order valence-electron chi connectivity index (χ4n) is 2.67. The average Bonchev–Trinajstić information content (AvgIpc) is 2.87. The summed E-state index contributed by atoms with van der Waals surface area (Å²) in [5.74, 6) is 1.54. The minimum absolute atomic E-state index is 0.398. The highest BCUT2D eigenvalue weighted by atomic mass is 32.2. The molecule has 1 aromatic carbocycles. The number of nitrogens with two attached hydrogens (primary N) is 1. The molecule has 5 heteroatoms. The Balaban J connectivity index is 1.69. The van der Waals surface area contributed by atoms with Crippen molar-refractivity contribution in [2.45, 2.75) is 25.3 Å². The average molecular weight is 275 g/mol. The predicted octanol–water partition coefficient (Wildman–Crippen LogP) is 2.47. The lowest BCUT2D eigenvalue weighted by molar-refractivity contribution is 0.100. The van der Waals surface area contributed by atoms with Crippen LogP contribution in [-0.2, 0) is 0 Å². The lowest BCUT2D eigenvalue weighted by Gasteiger charge is -2.23. The van der Waals surface area contributed by atoms with E-state index >= 15 is 0 Å². The zero-order chi connectivity index (χ0) is 13.2. The van der Waals surface area contributed by atoms with Gasteiger partial charge in [0.25, 0.3) is 0 Å². The number of hydrogen-bond donors (Lipinski definition) is 2. The number of carbonyl (C=O) groups is 1. The van der Waals surface area contributed by atoms with Crippen molar-refractivity contribution >= 4 is 28.5 Å². The molecular weight excluding hydrogens is 258 g/mol. The van der Waals surface area contributed by atoms with Crippen LogP contribution in [0.15, 0.2) is 29.3 Å². The van der Waals surface area contributed by atoms with Crippen molar-refractivity contribution in [2.75, 3.05) is 11.1 Å². The lowest BCUT2D eigenvalue weighted by Crippen LogP contribution is -2.25.